The molecule has 0 fully saturated rings. The third-order valence-electron chi connectivity index (χ3n) is 4.96. The highest BCUT2D eigenvalue weighted by molar-refractivity contribution is 5.81. The predicted molar refractivity (Wildman–Crippen MR) is 113 cm³/mol. The van der Waals surface area contributed by atoms with Crippen LogP contribution in [-0.2, 0) is 33.4 Å². The van der Waals surface area contributed by atoms with Gasteiger partial charge in [0.25, 0.3) is 0 Å². The van der Waals surface area contributed by atoms with Gasteiger partial charge in [-0.1, -0.05) is 0 Å². The second-order valence-corrected chi connectivity index (χ2v) is 8.60. The molecule has 0 aliphatic carbocycles. The number of halogens is 4. The van der Waals surface area contributed by atoms with Gasteiger partial charge in [-0.2, -0.15) is 13.2 Å². The molecule has 3 rings (SSSR count). The van der Waals surface area contributed by atoms with E-state index in [1.807, 2.05) is 0 Å². The van der Waals surface area contributed by atoms with E-state index in [1.54, 1.807) is 20.8 Å². The smallest absolute Gasteiger partial charge is 0.418 e. The Balaban J connectivity index is 2.06. The van der Waals surface area contributed by atoms with E-state index in [0.717, 1.165) is 30.5 Å². The minimum absolute atomic E-state index is 0.0383. The van der Waals surface area contributed by atoms with Gasteiger partial charge in [0.2, 0.25) is 0 Å². The molecular formula is C22H24F4N4O4. The average Bonchev–Trinajstić information content (AvgIpc) is 2.75. The molecule has 2 heterocycles. The molecular weight excluding hydrogens is 460 g/mol. The lowest BCUT2D eigenvalue weighted by molar-refractivity contribution is -0.140. The predicted octanol–water partition coefficient (Wildman–Crippen LogP) is 4.24. The van der Waals surface area contributed by atoms with E-state index in [4.69, 9.17) is 4.74 Å². The molecule has 1 aromatic carbocycles. The van der Waals surface area contributed by atoms with Gasteiger partial charge in [0, 0.05) is 12.1 Å². The van der Waals surface area contributed by atoms with E-state index >= 15 is 0 Å². The van der Waals surface area contributed by atoms with Crippen LogP contribution < -0.4 is 4.90 Å². The average molecular weight is 484 g/mol. The van der Waals surface area contributed by atoms with Gasteiger partial charge in [-0.3, -0.25) is 4.79 Å². The SMILES string of the molecule is COC(=O)CN(c1ccc(F)cc1C(F)(F)F)c1ncnc2c1CCN(C(=O)OC(C)(C)C)C2. The van der Waals surface area contributed by atoms with E-state index in [0.29, 0.717) is 17.3 Å². The maximum absolute atomic E-state index is 13.7. The van der Waals surface area contributed by atoms with Crippen molar-refractivity contribution in [2.75, 3.05) is 25.1 Å². The molecule has 0 radical (unpaired) electrons. The van der Waals surface area contributed by atoms with Crippen molar-refractivity contribution < 1.29 is 36.6 Å². The number of hydrogen-bond acceptors (Lipinski definition) is 7. The summed E-state index contributed by atoms with van der Waals surface area (Å²) in [5, 5.41) is 0. The topological polar surface area (TPSA) is 84.9 Å². The summed E-state index contributed by atoms with van der Waals surface area (Å²) in [5.41, 5.74) is -1.58. The number of benzene rings is 1. The molecule has 0 N–H and O–H groups in total. The minimum atomic E-state index is -4.90. The summed E-state index contributed by atoms with van der Waals surface area (Å²) in [5.74, 6) is -1.86. The van der Waals surface area contributed by atoms with Crippen LogP contribution in [0.15, 0.2) is 24.5 Å². The van der Waals surface area contributed by atoms with Crippen LogP contribution in [0.25, 0.3) is 0 Å². The fourth-order valence-electron chi connectivity index (χ4n) is 3.49. The molecule has 184 valence electrons. The molecule has 34 heavy (non-hydrogen) atoms. The number of fused-ring (bicyclic) bond motifs is 1. The van der Waals surface area contributed by atoms with Crippen LogP contribution in [-0.4, -0.2) is 52.7 Å². The van der Waals surface area contributed by atoms with Gasteiger partial charge < -0.3 is 19.3 Å². The number of aromatic nitrogens is 2. The normalized spacial score (nSPS) is 13.8. The number of carbonyl (C=O) groups is 2. The molecule has 8 nitrogen and oxygen atoms in total. The highest BCUT2D eigenvalue weighted by Crippen LogP contribution is 2.40. The number of methoxy groups -OCH3 is 1. The van der Waals surface area contributed by atoms with Gasteiger partial charge >= 0.3 is 18.2 Å². The lowest BCUT2D eigenvalue weighted by atomic mass is 10.0. The second-order valence-electron chi connectivity index (χ2n) is 8.60. The molecule has 0 atom stereocenters. The summed E-state index contributed by atoms with van der Waals surface area (Å²) in [6.45, 7) is 4.83. The minimum Gasteiger partial charge on any atom is -0.468 e. The van der Waals surface area contributed by atoms with Gasteiger partial charge in [-0.05, 0) is 45.4 Å². The van der Waals surface area contributed by atoms with E-state index in [-0.39, 0.29) is 25.3 Å². The van der Waals surface area contributed by atoms with Crippen molar-refractivity contribution in [2.45, 2.75) is 45.5 Å². The summed E-state index contributed by atoms with van der Waals surface area (Å²) < 4.78 is 65.0. The molecule has 0 saturated heterocycles. The van der Waals surface area contributed by atoms with Crippen LogP contribution in [0.2, 0.25) is 0 Å². The maximum atomic E-state index is 13.7. The van der Waals surface area contributed by atoms with Gasteiger partial charge in [-0.25, -0.2) is 19.2 Å². The van der Waals surface area contributed by atoms with Crippen LogP contribution in [0.1, 0.15) is 37.6 Å². The summed E-state index contributed by atoms with van der Waals surface area (Å²) in [6, 6.07) is 2.16. The monoisotopic (exact) mass is 484 g/mol. The zero-order valence-corrected chi connectivity index (χ0v) is 19.1. The molecule has 1 aliphatic heterocycles. The Bertz CT molecular complexity index is 1090. The Morgan fingerprint density at radius 1 is 1.18 bits per heavy atom. The Morgan fingerprint density at radius 3 is 2.50 bits per heavy atom. The van der Waals surface area contributed by atoms with Crippen molar-refractivity contribution in [3.63, 3.8) is 0 Å². The number of esters is 1. The van der Waals surface area contributed by atoms with Gasteiger partial charge in [0.05, 0.1) is 30.6 Å². The third-order valence-corrected chi connectivity index (χ3v) is 4.96. The van der Waals surface area contributed by atoms with Crippen LogP contribution in [0.5, 0.6) is 0 Å². The lowest BCUT2D eigenvalue weighted by Gasteiger charge is -2.33. The molecule has 1 amide bonds. The first-order chi connectivity index (χ1) is 15.8. The first kappa shape index (κ1) is 25.2. The van der Waals surface area contributed by atoms with Crippen LogP contribution >= 0.6 is 0 Å². The van der Waals surface area contributed by atoms with Crippen molar-refractivity contribution in [3.05, 3.63) is 47.2 Å². The standard InChI is InChI=1S/C22H24F4N4O4/c1-21(2,3)34-20(32)29-8-7-14-16(10-29)27-12-28-19(14)30(11-18(31)33-4)17-6-5-13(23)9-15(17)22(24,25)26/h5-6,9,12H,7-8,10-11H2,1-4H3. The summed E-state index contributed by atoms with van der Waals surface area (Å²) in [7, 11) is 1.10. The summed E-state index contributed by atoms with van der Waals surface area (Å²) in [4.78, 5) is 35.3. The zero-order valence-electron chi connectivity index (χ0n) is 19.1. The molecule has 1 aromatic heterocycles. The Kier molecular flexibility index (Phi) is 6.99. The maximum Gasteiger partial charge on any atom is 0.418 e. The number of ether oxygens (including phenoxy) is 2. The molecule has 1 aliphatic rings. The number of rotatable bonds is 4. The number of anilines is 2. The van der Waals surface area contributed by atoms with Gasteiger partial charge in [0.1, 0.15) is 30.1 Å². The Hall–Kier alpha value is -3.44. The largest absolute Gasteiger partial charge is 0.468 e. The van der Waals surface area contributed by atoms with Crippen molar-refractivity contribution in [3.8, 4) is 0 Å². The fourth-order valence-corrected chi connectivity index (χ4v) is 3.49. The van der Waals surface area contributed by atoms with Crippen LogP contribution in [0.4, 0.5) is 33.9 Å². The highest BCUT2D eigenvalue weighted by atomic mass is 19.4. The summed E-state index contributed by atoms with van der Waals surface area (Å²) >= 11 is 0. The quantitative estimate of drug-likeness (QED) is 0.474. The lowest BCUT2D eigenvalue weighted by Crippen LogP contribution is -2.41. The summed E-state index contributed by atoms with van der Waals surface area (Å²) in [6.07, 6.45) is -4.12. The van der Waals surface area contributed by atoms with E-state index < -0.39 is 47.5 Å². The van der Waals surface area contributed by atoms with Crippen molar-refractivity contribution in [2.24, 2.45) is 0 Å². The number of carbonyl (C=O) groups excluding carboxylic acids is 2. The van der Waals surface area contributed by atoms with Gasteiger partial charge in [0.15, 0.2) is 0 Å². The number of nitrogens with zero attached hydrogens (tertiary/aromatic N) is 4. The highest BCUT2D eigenvalue weighted by Gasteiger charge is 2.37. The van der Waals surface area contributed by atoms with E-state index in [1.165, 1.54) is 4.90 Å². The molecule has 2 aromatic rings. The molecule has 0 unspecified atom stereocenters. The number of alkyl halides is 3. The van der Waals surface area contributed by atoms with Crippen molar-refractivity contribution in [1.82, 2.24) is 14.9 Å². The zero-order chi connectivity index (χ0) is 25.3. The number of amides is 1. The number of hydrogen-bond donors (Lipinski definition) is 0. The Labute approximate surface area is 193 Å². The molecule has 0 spiro atoms. The van der Waals surface area contributed by atoms with Crippen molar-refractivity contribution in [1.29, 1.82) is 0 Å². The fraction of sp³-hybridized carbons (Fsp3) is 0.455. The molecule has 12 heteroatoms. The first-order valence-corrected chi connectivity index (χ1v) is 10.3. The second kappa shape index (κ2) is 9.43. The van der Waals surface area contributed by atoms with E-state index in [9.17, 15) is 27.2 Å². The van der Waals surface area contributed by atoms with Crippen LogP contribution in [0.3, 0.4) is 0 Å². The third kappa shape index (κ3) is 5.72. The Morgan fingerprint density at radius 2 is 1.88 bits per heavy atom. The molecule has 0 bridgehead atoms. The van der Waals surface area contributed by atoms with E-state index in [2.05, 4.69) is 14.7 Å². The van der Waals surface area contributed by atoms with Gasteiger partial charge in [-0.15, -0.1) is 0 Å². The first-order valence-electron chi connectivity index (χ1n) is 10.3. The van der Waals surface area contributed by atoms with Crippen molar-refractivity contribution >= 4 is 23.6 Å². The molecule has 0 saturated carbocycles. The van der Waals surface area contributed by atoms with Crippen LogP contribution in [0, 0.1) is 5.82 Å².